The summed E-state index contributed by atoms with van der Waals surface area (Å²) in [7, 11) is 0. The number of aromatic nitrogens is 1. The van der Waals surface area contributed by atoms with Gasteiger partial charge in [0.15, 0.2) is 0 Å². The van der Waals surface area contributed by atoms with Crippen molar-refractivity contribution >= 4 is 29.0 Å². The summed E-state index contributed by atoms with van der Waals surface area (Å²) in [6.07, 6.45) is 2.18. The average molecular weight is 230 g/mol. The molecule has 1 aromatic rings. The maximum absolute atomic E-state index is 5.89. The highest BCUT2D eigenvalue weighted by molar-refractivity contribution is 7.12. The highest BCUT2D eigenvalue weighted by atomic mass is 35.5. The van der Waals surface area contributed by atoms with Gasteiger partial charge in [0.1, 0.15) is 0 Å². The van der Waals surface area contributed by atoms with Crippen molar-refractivity contribution in [1.82, 2.24) is 4.98 Å². The van der Waals surface area contributed by atoms with Crippen molar-refractivity contribution in [2.75, 3.05) is 5.88 Å². The Morgan fingerprint density at radius 3 is 2.50 bits per heavy atom. The first-order chi connectivity index (χ1) is 6.54. The van der Waals surface area contributed by atoms with Crippen LogP contribution in [0, 0.1) is 19.8 Å². The fraction of sp³-hybridized carbons (Fsp3) is 0.545. The third-order valence-electron chi connectivity index (χ3n) is 2.15. The van der Waals surface area contributed by atoms with Crippen LogP contribution < -0.4 is 0 Å². The normalized spacial score (nSPS) is 12.6. The molecule has 0 aliphatic heterocycles. The second kappa shape index (κ2) is 4.94. The first kappa shape index (κ1) is 11.7. The quantitative estimate of drug-likeness (QED) is 0.713. The number of hydrogen-bond donors (Lipinski definition) is 0. The zero-order chi connectivity index (χ0) is 10.7. The number of aryl methyl sites for hydroxylation is 2. The van der Waals surface area contributed by atoms with Crippen molar-refractivity contribution in [3.63, 3.8) is 0 Å². The van der Waals surface area contributed by atoms with Gasteiger partial charge in [-0.05, 0) is 25.8 Å². The van der Waals surface area contributed by atoms with Crippen LogP contribution in [0.15, 0.2) is 5.57 Å². The Morgan fingerprint density at radius 1 is 1.50 bits per heavy atom. The molecule has 0 aromatic carbocycles. The molecule has 0 radical (unpaired) electrons. The number of nitrogens with zero attached hydrogens (tertiary/aromatic N) is 1. The van der Waals surface area contributed by atoms with Crippen LogP contribution in [0.4, 0.5) is 0 Å². The molecule has 0 saturated carbocycles. The maximum Gasteiger partial charge on any atom is 0.0903 e. The van der Waals surface area contributed by atoms with Crippen LogP contribution in [0.25, 0.3) is 6.08 Å². The molecule has 1 aromatic heterocycles. The Balaban J connectivity index is 3.00. The second-order valence-corrected chi connectivity index (χ2v) is 5.19. The van der Waals surface area contributed by atoms with Crippen molar-refractivity contribution < 1.29 is 0 Å². The van der Waals surface area contributed by atoms with E-state index in [2.05, 4.69) is 24.9 Å². The van der Waals surface area contributed by atoms with Gasteiger partial charge in [0.05, 0.1) is 15.6 Å². The summed E-state index contributed by atoms with van der Waals surface area (Å²) in [6.45, 7) is 8.40. The lowest BCUT2D eigenvalue weighted by molar-refractivity contribution is 0.778. The summed E-state index contributed by atoms with van der Waals surface area (Å²) < 4.78 is 0. The van der Waals surface area contributed by atoms with E-state index in [0.717, 1.165) is 10.7 Å². The number of rotatable bonds is 3. The van der Waals surface area contributed by atoms with Crippen LogP contribution in [0.5, 0.6) is 0 Å². The Morgan fingerprint density at radius 2 is 2.14 bits per heavy atom. The topological polar surface area (TPSA) is 12.9 Å². The molecule has 0 saturated heterocycles. The molecule has 0 bridgehead atoms. The van der Waals surface area contributed by atoms with E-state index in [1.807, 2.05) is 13.8 Å². The van der Waals surface area contributed by atoms with E-state index in [1.54, 1.807) is 11.3 Å². The molecule has 0 fully saturated rings. The molecular weight excluding hydrogens is 214 g/mol. The van der Waals surface area contributed by atoms with Gasteiger partial charge < -0.3 is 0 Å². The smallest absolute Gasteiger partial charge is 0.0903 e. The van der Waals surface area contributed by atoms with Crippen molar-refractivity contribution in [2.45, 2.75) is 27.7 Å². The van der Waals surface area contributed by atoms with Crippen LogP contribution in [-0.2, 0) is 0 Å². The summed E-state index contributed by atoms with van der Waals surface area (Å²) in [5.41, 5.74) is 2.38. The van der Waals surface area contributed by atoms with Crippen LogP contribution in [-0.4, -0.2) is 10.9 Å². The van der Waals surface area contributed by atoms with Gasteiger partial charge in [0.25, 0.3) is 0 Å². The number of halogens is 1. The second-order valence-electron chi connectivity index (χ2n) is 3.69. The summed E-state index contributed by atoms with van der Waals surface area (Å²) >= 11 is 7.62. The maximum atomic E-state index is 5.89. The largest absolute Gasteiger partial charge is 0.246 e. The average Bonchev–Trinajstić information content (AvgIpc) is 2.40. The lowest BCUT2D eigenvalue weighted by Gasteiger charge is -2.06. The van der Waals surface area contributed by atoms with Gasteiger partial charge in [0.2, 0.25) is 0 Å². The van der Waals surface area contributed by atoms with E-state index in [1.165, 1.54) is 10.5 Å². The Labute approximate surface area is 94.8 Å². The Hall–Kier alpha value is -0.340. The molecule has 0 unspecified atom stereocenters. The van der Waals surface area contributed by atoms with Crippen LogP contribution in [0.3, 0.4) is 0 Å². The van der Waals surface area contributed by atoms with Crippen LogP contribution >= 0.6 is 22.9 Å². The van der Waals surface area contributed by atoms with Crippen molar-refractivity contribution in [3.05, 3.63) is 21.2 Å². The predicted octanol–water partition coefficient (Wildman–Crippen LogP) is 4.04. The number of thiazole rings is 1. The predicted molar refractivity (Wildman–Crippen MR) is 65.1 cm³/mol. The van der Waals surface area contributed by atoms with Gasteiger partial charge in [-0.1, -0.05) is 19.4 Å². The highest BCUT2D eigenvalue weighted by Crippen LogP contribution is 2.23. The number of alkyl halides is 1. The molecule has 1 rings (SSSR count). The van der Waals surface area contributed by atoms with E-state index in [-0.39, 0.29) is 0 Å². The van der Waals surface area contributed by atoms with E-state index >= 15 is 0 Å². The van der Waals surface area contributed by atoms with Gasteiger partial charge in [0, 0.05) is 5.88 Å². The van der Waals surface area contributed by atoms with E-state index in [0.29, 0.717) is 11.8 Å². The molecule has 0 spiro atoms. The first-order valence-electron chi connectivity index (χ1n) is 4.75. The fourth-order valence-electron chi connectivity index (χ4n) is 1.21. The zero-order valence-electron chi connectivity index (χ0n) is 9.10. The lowest BCUT2D eigenvalue weighted by Crippen LogP contribution is -1.94. The molecule has 0 aliphatic rings. The highest BCUT2D eigenvalue weighted by Gasteiger charge is 2.06. The fourth-order valence-corrected chi connectivity index (χ4v) is 2.50. The van der Waals surface area contributed by atoms with Gasteiger partial charge in [-0.2, -0.15) is 0 Å². The molecule has 0 amide bonds. The number of hydrogen-bond acceptors (Lipinski definition) is 2. The number of allylic oxidation sites excluding steroid dienone is 1. The van der Waals surface area contributed by atoms with Crippen LogP contribution in [0.1, 0.15) is 29.4 Å². The third-order valence-corrected chi connectivity index (χ3v) is 3.48. The van der Waals surface area contributed by atoms with E-state index < -0.39 is 0 Å². The Kier molecular flexibility index (Phi) is 4.14. The Bertz CT molecular complexity index is 339. The summed E-state index contributed by atoms with van der Waals surface area (Å²) in [5, 5.41) is 1.12. The van der Waals surface area contributed by atoms with Crippen LogP contribution in [0.2, 0.25) is 0 Å². The lowest BCUT2D eigenvalue weighted by atomic mass is 10.0. The molecule has 0 aliphatic carbocycles. The molecule has 1 nitrogen and oxygen atoms in total. The van der Waals surface area contributed by atoms with Gasteiger partial charge in [-0.25, -0.2) is 4.98 Å². The minimum absolute atomic E-state index is 0.509. The van der Waals surface area contributed by atoms with Crippen molar-refractivity contribution in [1.29, 1.82) is 0 Å². The monoisotopic (exact) mass is 229 g/mol. The van der Waals surface area contributed by atoms with Gasteiger partial charge in [-0.15, -0.1) is 22.9 Å². The summed E-state index contributed by atoms with van der Waals surface area (Å²) in [6, 6.07) is 0. The zero-order valence-corrected chi connectivity index (χ0v) is 10.7. The van der Waals surface area contributed by atoms with Gasteiger partial charge in [-0.3, -0.25) is 0 Å². The minimum Gasteiger partial charge on any atom is -0.246 e. The first-order valence-corrected chi connectivity index (χ1v) is 6.10. The summed E-state index contributed by atoms with van der Waals surface area (Å²) in [4.78, 5) is 5.63. The van der Waals surface area contributed by atoms with E-state index in [9.17, 15) is 0 Å². The molecule has 78 valence electrons. The van der Waals surface area contributed by atoms with E-state index in [4.69, 9.17) is 11.6 Å². The minimum atomic E-state index is 0.509. The summed E-state index contributed by atoms with van der Waals surface area (Å²) in [5.74, 6) is 1.11. The SMILES string of the molecule is Cc1nc(C)c(C=C(CCl)C(C)C)s1. The molecule has 3 heteroatoms. The molecule has 0 N–H and O–H groups in total. The molecule has 0 atom stereocenters. The standard InChI is InChI=1S/C11H16ClNS/c1-7(2)10(6-12)5-11-8(3)13-9(4)14-11/h5,7H,6H2,1-4H3. The molecular formula is C11H16ClNS. The van der Waals surface area contributed by atoms with Crippen molar-refractivity contribution in [3.8, 4) is 0 Å². The molecule has 14 heavy (non-hydrogen) atoms. The van der Waals surface area contributed by atoms with Gasteiger partial charge >= 0.3 is 0 Å². The third kappa shape index (κ3) is 2.82. The molecule has 1 heterocycles. The van der Waals surface area contributed by atoms with Crippen molar-refractivity contribution in [2.24, 2.45) is 5.92 Å².